The first-order chi connectivity index (χ1) is 14.3. The van der Waals surface area contributed by atoms with Gasteiger partial charge in [-0.3, -0.25) is 4.79 Å². The summed E-state index contributed by atoms with van der Waals surface area (Å²) < 4.78 is 0. The molecule has 0 aliphatic rings. The molecule has 4 rings (SSSR count). The summed E-state index contributed by atoms with van der Waals surface area (Å²) in [6.45, 7) is 0.622. The summed E-state index contributed by atoms with van der Waals surface area (Å²) in [4.78, 5) is 21.6. The van der Waals surface area contributed by atoms with Crippen molar-refractivity contribution >= 4 is 28.6 Å². The third-order valence-corrected chi connectivity index (χ3v) is 5.39. The first kappa shape index (κ1) is 19.2. The number of para-hydroxylation sites is 1. The van der Waals surface area contributed by atoms with Crippen LogP contribution in [-0.4, -0.2) is 28.2 Å². The van der Waals surface area contributed by atoms with Crippen molar-refractivity contribution in [1.29, 1.82) is 0 Å². The minimum Gasteiger partial charge on any atom is -0.355 e. The Hall–Kier alpha value is -3.18. The van der Waals surface area contributed by atoms with Crippen LogP contribution >= 0.6 is 11.8 Å². The molecular weight excluding hydrogens is 378 g/mol. The Morgan fingerprint density at radius 2 is 1.52 bits per heavy atom. The van der Waals surface area contributed by atoms with Gasteiger partial charge in [-0.05, 0) is 18.1 Å². The zero-order valence-corrected chi connectivity index (χ0v) is 16.7. The minimum atomic E-state index is -0.0102. The van der Waals surface area contributed by atoms with Gasteiger partial charge in [-0.15, -0.1) is 0 Å². The number of fused-ring (bicyclic) bond motifs is 1. The number of nitrogens with zero attached hydrogens (tertiary/aromatic N) is 2. The number of hydrogen-bond acceptors (Lipinski definition) is 4. The number of nitrogens with one attached hydrogen (secondary N) is 1. The van der Waals surface area contributed by atoms with Gasteiger partial charge < -0.3 is 5.32 Å². The van der Waals surface area contributed by atoms with Crippen LogP contribution in [0.1, 0.15) is 5.56 Å². The Morgan fingerprint density at radius 3 is 2.31 bits per heavy atom. The van der Waals surface area contributed by atoms with Crippen LogP contribution in [-0.2, 0) is 11.2 Å². The van der Waals surface area contributed by atoms with E-state index < -0.39 is 0 Å². The SMILES string of the molecule is O=C(CSc1nc(-c2ccccc2)c2ccccc2n1)NCCc1ccccc1. The topological polar surface area (TPSA) is 54.9 Å². The van der Waals surface area contributed by atoms with Gasteiger partial charge >= 0.3 is 0 Å². The maximum absolute atomic E-state index is 12.2. The largest absolute Gasteiger partial charge is 0.355 e. The molecule has 0 saturated carbocycles. The van der Waals surface area contributed by atoms with Crippen molar-refractivity contribution in [3.05, 3.63) is 90.5 Å². The molecule has 0 aliphatic carbocycles. The Kier molecular flexibility index (Phi) is 6.17. The van der Waals surface area contributed by atoms with Crippen LogP contribution in [0.15, 0.2) is 90.1 Å². The van der Waals surface area contributed by atoms with Crippen LogP contribution in [0.4, 0.5) is 0 Å². The van der Waals surface area contributed by atoms with Gasteiger partial charge in [0.05, 0.1) is 17.0 Å². The normalized spacial score (nSPS) is 10.8. The van der Waals surface area contributed by atoms with Gasteiger partial charge in [0.15, 0.2) is 5.16 Å². The predicted octanol–water partition coefficient (Wildman–Crippen LogP) is 4.75. The van der Waals surface area contributed by atoms with Crippen molar-refractivity contribution in [2.24, 2.45) is 0 Å². The Morgan fingerprint density at radius 1 is 0.828 bits per heavy atom. The van der Waals surface area contributed by atoms with E-state index in [0.717, 1.165) is 28.6 Å². The van der Waals surface area contributed by atoms with Crippen LogP contribution in [0.2, 0.25) is 0 Å². The highest BCUT2D eigenvalue weighted by molar-refractivity contribution is 7.99. The molecule has 144 valence electrons. The maximum atomic E-state index is 12.2. The van der Waals surface area contributed by atoms with Crippen molar-refractivity contribution in [3.63, 3.8) is 0 Å². The van der Waals surface area contributed by atoms with Gasteiger partial charge in [0.1, 0.15) is 0 Å². The lowest BCUT2D eigenvalue weighted by Crippen LogP contribution is -2.27. The summed E-state index contributed by atoms with van der Waals surface area (Å²) >= 11 is 1.36. The Bertz CT molecular complexity index is 1100. The molecule has 3 aromatic carbocycles. The molecule has 0 atom stereocenters. The number of amides is 1. The lowest BCUT2D eigenvalue weighted by atomic mass is 10.1. The molecule has 0 fully saturated rings. The second-order valence-corrected chi connectivity index (χ2v) is 7.55. The lowest BCUT2D eigenvalue weighted by molar-refractivity contribution is -0.118. The van der Waals surface area contributed by atoms with Gasteiger partial charge in [-0.25, -0.2) is 9.97 Å². The molecule has 4 aromatic rings. The van der Waals surface area contributed by atoms with Crippen molar-refractivity contribution in [3.8, 4) is 11.3 Å². The first-order valence-corrected chi connectivity index (χ1v) is 10.5. The number of aromatic nitrogens is 2. The molecule has 0 radical (unpaired) electrons. The molecule has 0 bridgehead atoms. The predicted molar refractivity (Wildman–Crippen MR) is 119 cm³/mol. The molecule has 5 heteroatoms. The second kappa shape index (κ2) is 9.34. The van der Waals surface area contributed by atoms with Gasteiger partial charge in [0.2, 0.25) is 5.91 Å². The number of carbonyl (C=O) groups is 1. The maximum Gasteiger partial charge on any atom is 0.230 e. The van der Waals surface area contributed by atoms with Crippen molar-refractivity contribution < 1.29 is 4.79 Å². The van der Waals surface area contributed by atoms with Gasteiger partial charge in [0, 0.05) is 17.5 Å². The highest BCUT2D eigenvalue weighted by atomic mass is 32.2. The van der Waals surface area contributed by atoms with Crippen LogP contribution < -0.4 is 5.32 Å². The highest BCUT2D eigenvalue weighted by Gasteiger charge is 2.11. The van der Waals surface area contributed by atoms with Gasteiger partial charge in [-0.1, -0.05) is 90.6 Å². The third-order valence-electron chi connectivity index (χ3n) is 4.54. The van der Waals surface area contributed by atoms with Crippen LogP contribution in [0.25, 0.3) is 22.2 Å². The van der Waals surface area contributed by atoms with Crippen LogP contribution in [0.3, 0.4) is 0 Å². The molecule has 0 saturated heterocycles. The fourth-order valence-electron chi connectivity index (χ4n) is 3.11. The van der Waals surface area contributed by atoms with Gasteiger partial charge in [-0.2, -0.15) is 0 Å². The average molecular weight is 400 g/mol. The molecule has 4 nitrogen and oxygen atoms in total. The zero-order chi connectivity index (χ0) is 19.9. The fourth-order valence-corrected chi connectivity index (χ4v) is 3.79. The lowest BCUT2D eigenvalue weighted by Gasteiger charge is -2.09. The van der Waals surface area contributed by atoms with E-state index in [1.807, 2.05) is 72.8 Å². The van der Waals surface area contributed by atoms with E-state index >= 15 is 0 Å². The first-order valence-electron chi connectivity index (χ1n) is 9.55. The third kappa shape index (κ3) is 5.00. The monoisotopic (exact) mass is 399 g/mol. The fraction of sp³-hybridized carbons (Fsp3) is 0.125. The summed E-state index contributed by atoms with van der Waals surface area (Å²) in [5.74, 6) is 0.283. The Labute approximate surface area is 174 Å². The second-order valence-electron chi connectivity index (χ2n) is 6.61. The molecular formula is C24H21N3OS. The van der Waals surface area contributed by atoms with E-state index in [9.17, 15) is 4.79 Å². The molecule has 0 aliphatic heterocycles. The number of hydrogen-bond donors (Lipinski definition) is 1. The van der Waals surface area contributed by atoms with Gasteiger partial charge in [0.25, 0.3) is 0 Å². The van der Waals surface area contributed by atoms with E-state index in [1.54, 1.807) is 0 Å². The molecule has 1 heterocycles. The molecule has 1 N–H and O–H groups in total. The van der Waals surface area contributed by atoms with Crippen LogP contribution in [0, 0.1) is 0 Å². The average Bonchev–Trinajstić information content (AvgIpc) is 2.78. The number of carbonyl (C=O) groups excluding carboxylic acids is 1. The number of thioether (sulfide) groups is 1. The number of benzene rings is 3. The Balaban J connectivity index is 1.43. The quantitative estimate of drug-likeness (QED) is 0.360. The van der Waals surface area contributed by atoms with E-state index in [0.29, 0.717) is 17.5 Å². The summed E-state index contributed by atoms with van der Waals surface area (Å²) in [7, 11) is 0. The standard InChI is InChI=1S/C24H21N3OS/c28-22(25-16-15-18-9-3-1-4-10-18)17-29-24-26-21-14-8-7-13-20(21)23(27-24)19-11-5-2-6-12-19/h1-14H,15-17H2,(H,25,28). The van der Waals surface area contributed by atoms with Crippen LogP contribution in [0.5, 0.6) is 0 Å². The highest BCUT2D eigenvalue weighted by Crippen LogP contribution is 2.28. The summed E-state index contributed by atoms with van der Waals surface area (Å²) in [5, 5.41) is 4.59. The minimum absolute atomic E-state index is 0.0102. The van der Waals surface area contributed by atoms with E-state index in [-0.39, 0.29) is 5.91 Å². The van der Waals surface area contributed by atoms with E-state index in [1.165, 1.54) is 17.3 Å². The summed E-state index contributed by atoms with van der Waals surface area (Å²) in [6.07, 6.45) is 0.821. The van der Waals surface area contributed by atoms with E-state index in [4.69, 9.17) is 4.98 Å². The van der Waals surface area contributed by atoms with E-state index in [2.05, 4.69) is 22.4 Å². The molecule has 0 unspecified atom stereocenters. The molecule has 1 aromatic heterocycles. The molecule has 29 heavy (non-hydrogen) atoms. The van der Waals surface area contributed by atoms with Crippen molar-refractivity contribution in [1.82, 2.24) is 15.3 Å². The summed E-state index contributed by atoms with van der Waals surface area (Å²) in [5.41, 5.74) is 4.03. The smallest absolute Gasteiger partial charge is 0.230 e. The summed E-state index contributed by atoms with van der Waals surface area (Å²) in [6, 6.07) is 28.2. The van der Waals surface area contributed by atoms with Crippen molar-refractivity contribution in [2.45, 2.75) is 11.6 Å². The molecule has 0 spiro atoms. The molecule has 1 amide bonds. The number of rotatable bonds is 7. The zero-order valence-electron chi connectivity index (χ0n) is 15.9. The van der Waals surface area contributed by atoms with Crippen molar-refractivity contribution in [2.75, 3.05) is 12.3 Å².